The summed E-state index contributed by atoms with van der Waals surface area (Å²) in [5, 5.41) is 4.21. The maximum Gasteiger partial charge on any atom is 0.282 e. The highest BCUT2D eigenvalue weighted by Gasteiger charge is 2.35. The third kappa shape index (κ3) is 5.91. The van der Waals surface area contributed by atoms with E-state index in [1.54, 1.807) is 48.6 Å². The van der Waals surface area contributed by atoms with Gasteiger partial charge in [-0.1, -0.05) is 88.7 Å². The van der Waals surface area contributed by atoms with Gasteiger partial charge in [-0.3, -0.25) is 9.59 Å². The lowest BCUT2D eigenvalue weighted by Crippen LogP contribution is -2.29. The van der Waals surface area contributed by atoms with Gasteiger partial charge in [-0.15, -0.1) is 0 Å². The van der Waals surface area contributed by atoms with E-state index < -0.39 is 26.6 Å². The fraction of sp³-hybridized carbons (Fsp3) is 0.290. The third-order valence-corrected chi connectivity index (χ3v) is 7.72. The highest BCUT2D eigenvalue weighted by Crippen LogP contribution is 2.37. The molecule has 0 heterocycles. The van der Waals surface area contributed by atoms with Crippen LogP contribution in [0.5, 0.6) is 0 Å². The number of carbonyl (C=O) groups is 2. The van der Waals surface area contributed by atoms with Gasteiger partial charge >= 0.3 is 0 Å². The summed E-state index contributed by atoms with van der Waals surface area (Å²) in [5.74, 6) is -0.674. The van der Waals surface area contributed by atoms with Gasteiger partial charge in [0.25, 0.3) is 10.0 Å². The zero-order valence-corrected chi connectivity index (χ0v) is 24.0. The number of sulfonamides is 1. The number of allylic oxidation sites excluding steroid dienone is 6. The molecule has 2 aliphatic carbocycles. The van der Waals surface area contributed by atoms with Gasteiger partial charge in [0.05, 0.1) is 10.6 Å². The zero-order chi connectivity index (χ0) is 28.8. The first-order valence-electron chi connectivity index (χ1n) is 12.6. The average Bonchev–Trinajstić information content (AvgIpc) is 2.84. The lowest BCUT2D eigenvalue weighted by atomic mass is 9.72. The lowest BCUT2D eigenvalue weighted by molar-refractivity contribution is -0.114. The van der Waals surface area contributed by atoms with E-state index >= 15 is 0 Å². The number of aryl methyl sites for hydroxylation is 1. The number of oxime groups is 1. The van der Waals surface area contributed by atoms with Crippen molar-refractivity contribution in [1.29, 1.82) is 0 Å². The molecule has 0 aromatic heterocycles. The third-order valence-electron chi connectivity index (χ3n) is 6.42. The van der Waals surface area contributed by atoms with Crippen LogP contribution in [-0.4, -0.2) is 31.4 Å². The summed E-state index contributed by atoms with van der Waals surface area (Å²) < 4.78 is 30.2. The molecule has 8 heteroatoms. The molecule has 202 valence electrons. The van der Waals surface area contributed by atoms with Crippen LogP contribution < -0.4 is 0 Å². The van der Waals surface area contributed by atoms with Gasteiger partial charge in [0.1, 0.15) is 5.71 Å². The Labute approximate surface area is 229 Å². The van der Waals surface area contributed by atoms with Gasteiger partial charge in [0, 0.05) is 28.3 Å². The Balaban J connectivity index is 1.79. The first-order chi connectivity index (χ1) is 18.1. The van der Waals surface area contributed by atoms with Gasteiger partial charge in [-0.25, -0.2) is 0 Å². The Morgan fingerprint density at radius 3 is 1.79 bits per heavy atom. The monoisotopic (exact) mass is 544 g/mol. The van der Waals surface area contributed by atoms with Crippen molar-refractivity contribution >= 4 is 33.0 Å². The highest BCUT2D eigenvalue weighted by atomic mass is 32.2. The van der Waals surface area contributed by atoms with Crippen LogP contribution in [0.25, 0.3) is 0 Å². The largest absolute Gasteiger partial charge is 0.352 e. The van der Waals surface area contributed by atoms with Crippen LogP contribution in [0.1, 0.15) is 63.0 Å². The molecule has 0 atom stereocenters. The van der Waals surface area contributed by atoms with E-state index in [1.165, 1.54) is 18.2 Å². The van der Waals surface area contributed by atoms with Crippen molar-refractivity contribution < 1.29 is 22.8 Å². The van der Waals surface area contributed by atoms with Crippen molar-refractivity contribution in [1.82, 2.24) is 0 Å². The second-order valence-electron chi connectivity index (χ2n) is 11.7. The fourth-order valence-electron chi connectivity index (χ4n) is 4.22. The van der Waals surface area contributed by atoms with Gasteiger partial charge in [0.15, 0.2) is 5.78 Å². The van der Waals surface area contributed by atoms with Crippen LogP contribution in [0, 0.1) is 17.8 Å². The molecule has 4 rings (SSSR count). The summed E-state index contributed by atoms with van der Waals surface area (Å²) in [6, 6.07) is 13.0. The molecule has 2 aromatic carbocycles. The van der Waals surface area contributed by atoms with Crippen molar-refractivity contribution in [2.45, 2.75) is 53.4 Å². The molecular weight excluding hydrogens is 512 g/mol. The molecule has 0 saturated carbocycles. The number of benzene rings is 2. The maximum absolute atomic E-state index is 13.3. The Bertz CT molecular complexity index is 1590. The molecule has 0 radical (unpaired) electrons. The smallest absolute Gasteiger partial charge is 0.282 e. The normalized spacial score (nSPS) is 17.4. The topological polar surface area (TPSA) is 102 Å². The standard InChI is InChI=1S/C31H32N2O5S/c1-19-12-14-21(15-13-19)39(36,37)33-26-18-27(28(34)23-11-9-8-10-22(23)26)38-32-20-16-24(30(2,3)4)29(35)25(17-20)31(5,6)7/h8-18H,1-7H3/b33-26-. The zero-order valence-electron chi connectivity index (χ0n) is 23.2. The van der Waals surface area contributed by atoms with Gasteiger partial charge < -0.3 is 4.84 Å². The van der Waals surface area contributed by atoms with Crippen LogP contribution in [0.15, 0.2) is 98.1 Å². The number of hydrogen-bond acceptors (Lipinski definition) is 6. The van der Waals surface area contributed by atoms with Crippen LogP contribution in [0.2, 0.25) is 0 Å². The predicted octanol–water partition coefficient (Wildman–Crippen LogP) is 6.15. The van der Waals surface area contributed by atoms with Crippen LogP contribution >= 0.6 is 0 Å². The first kappa shape index (κ1) is 28.1. The van der Waals surface area contributed by atoms with Crippen molar-refractivity contribution in [3.05, 3.63) is 100 Å². The number of rotatable bonds is 4. The molecule has 0 spiro atoms. The summed E-state index contributed by atoms with van der Waals surface area (Å²) in [6.45, 7) is 13.5. The minimum atomic E-state index is -4.06. The van der Waals surface area contributed by atoms with Crippen LogP contribution in [0.4, 0.5) is 0 Å². The Morgan fingerprint density at radius 1 is 0.718 bits per heavy atom. The van der Waals surface area contributed by atoms with Crippen molar-refractivity contribution in [3.63, 3.8) is 0 Å². The summed E-state index contributed by atoms with van der Waals surface area (Å²) >= 11 is 0. The second kappa shape index (κ2) is 10.0. The van der Waals surface area contributed by atoms with Crippen molar-refractivity contribution in [2.24, 2.45) is 20.4 Å². The molecule has 2 aromatic rings. The summed E-state index contributed by atoms with van der Waals surface area (Å²) in [6.07, 6.45) is 4.61. The number of hydrogen-bond donors (Lipinski definition) is 0. The number of carbonyl (C=O) groups excluding carboxylic acids is 2. The summed E-state index contributed by atoms with van der Waals surface area (Å²) in [7, 11) is -4.06. The van der Waals surface area contributed by atoms with Crippen LogP contribution in [-0.2, 0) is 19.7 Å². The van der Waals surface area contributed by atoms with E-state index in [2.05, 4.69) is 9.55 Å². The second-order valence-corrected chi connectivity index (χ2v) is 13.3. The number of fused-ring (bicyclic) bond motifs is 1. The minimum Gasteiger partial charge on any atom is -0.352 e. The van der Waals surface area contributed by atoms with Crippen LogP contribution in [0.3, 0.4) is 0 Å². The first-order valence-corrected chi connectivity index (χ1v) is 14.0. The quantitative estimate of drug-likeness (QED) is 0.339. The molecular formula is C31H32N2O5S. The van der Waals surface area contributed by atoms with E-state index in [9.17, 15) is 18.0 Å². The molecule has 0 bridgehead atoms. The molecule has 0 fully saturated rings. The molecule has 2 aliphatic rings. The Morgan fingerprint density at radius 2 is 1.26 bits per heavy atom. The van der Waals surface area contributed by atoms with Gasteiger partial charge in [0.2, 0.25) is 11.5 Å². The minimum absolute atomic E-state index is 0.0395. The molecule has 39 heavy (non-hydrogen) atoms. The van der Waals surface area contributed by atoms with Crippen molar-refractivity contribution in [2.75, 3.05) is 0 Å². The fourth-order valence-corrected chi connectivity index (χ4v) is 5.22. The molecule has 0 unspecified atom stereocenters. The lowest BCUT2D eigenvalue weighted by Gasteiger charge is -2.30. The van der Waals surface area contributed by atoms with Gasteiger partial charge in [-0.05, 0) is 42.0 Å². The van der Waals surface area contributed by atoms with Gasteiger partial charge in [-0.2, -0.15) is 12.8 Å². The highest BCUT2D eigenvalue weighted by molar-refractivity contribution is 7.90. The molecule has 0 aliphatic heterocycles. The summed E-state index contributed by atoms with van der Waals surface area (Å²) in [5.41, 5.74) is 2.28. The number of ketones is 2. The average molecular weight is 545 g/mol. The Kier molecular flexibility index (Phi) is 7.21. The molecule has 0 N–H and O–H groups in total. The Hall–Kier alpha value is -3.91. The number of Topliss-reactive ketones (excluding diaryl/α,β-unsaturated/α-hetero) is 2. The molecule has 0 amide bonds. The SMILES string of the molecule is Cc1ccc(S(=O)(=O)/N=C2/C=C(ON=C3C=C(C(C)(C)C)C(=O)C(C(C)(C)C)=C3)C(=O)c3ccccc32)cc1. The van der Waals surface area contributed by atoms with E-state index in [4.69, 9.17) is 4.84 Å². The van der Waals surface area contributed by atoms with E-state index in [0.717, 1.165) is 5.56 Å². The van der Waals surface area contributed by atoms with E-state index in [0.29, 0.717) is 22.4 Å². The predicted molar refractivity (Wildman–Crippen MR) is 152 cm³/mol. The molecule has 0 saturated heterocycles. The van der Waals surface area contributed by atoms with E-state index in [-0.39, 0.29) is 27.7 Å². The molecule has 7 nitrogen and oxygen atoms in total. The summed E-state index contributed by atoms with van der Waals surface area (Å²) in [4.78, 5) is 32.1. The van der Waals surface area contributed by atoms with E-state index in [1.807, 2.05) is 48.5 Å². The maximum atomic E-state index is 13.3. The number of nitrogens with zero attached hydrogens (tertiary/aromatic N) is 2. The van der Waals surface area contributed by atoms with Crippen molar-refractivity contribution in [3.8, 4) is 0 Å².